The molecule has 2 rings (SSSR count). The molecular weight excluding hydrogens is 324 g/mol. The molecule has 1 aliphatic carbocycles. The highest BCUT2D eigenvalue weighted by molar-refractivity contribution is 7.88. The highest BCUT2D eigenvalue weighted by Gasteiger charge is 2.27. The maximum atomic E-state index is 12.0. The maximum absolute atomic E-state index is 12.0. The Hall–Kier alpha value is -1.11. The molecule has 122 valence electrons. The fourth-order valence-electron chi connectivity index (χ4n) is 2.86. The Kier molecular flexibility index (Phi) is 5.83. The predicted molar refractivity (Wildman–Crippen MR) is 87.1 cm³/mol. The fraction of sp³-hybridized carbons (Fsp3) is 0.533. The number of benzene rings is 1. The van der Waals surface area contributed by atoms with Gasteiger partial charge in [0.05, 0.1) is 18.8 Å². The smallest absolute Gasteiger partial charge is 0.235 e. The van der Waals surface area contributed by atoms with Crippen LogP contribution in [0.25, 0.3) is 0 Å². The Morgan fingerprint density at radius 3 is 2.41 bits per heavy atom. The number of halogens is 1. The summed E-state index contributed by atoms with van der Waals surface area (Å²) < 4.78 is 24.4. The van der Waals surface area contributed by atoms with Crippen molar-refractivity contribution in [2.75, 3.05) is 12.8 Å². The first kappa shape index (κ1) is 17.2. The van der Waals surface area contributed by atoms with Gasteiger partial charge in [-0.15, -0.1) is 0 Å². The van der Waals surface area contributed by atoms with Crippen molar-refractivity contribution in [1.82, 2.24) is 10.0 Å². The molecule has 0 spiro atoms. The van der Waals surface area contributed by atoms with Crippen molar-refractivity contribution in [2.24, 2.45) is 5.92 Å². The summed E-state index contributed by atoms with van der Waals surface area (Å²) in [5.41, 5.74) is 1.00. The molecule has 0 heterocycles. The molecule has 1 atom stereocenters. The SMILES string of the molecule is CS(=O)(=O)NCC(=O)N[C@H](c1ccc(Cl)cc1)C1CCCC1. The minimum atomic E-state index is -3.37. The number of hydrogen-bond acceptors (Lipinski definition) is 3. The van der Waals surface area contributed by atoms with Gasteiger partial charge in [0.25, 0.3) is 0 Å². The first-order chi connectivity index (χ1) is 10.3. The highest BCUT2D eigenvalue weighted by atomic mass is 35.5. The van der Waals surface area contributed by atoms with Gasteiger partial charge in [0.15, 0.2) is 0 Å². The van der Waals surface area contributed by atoms with Crippen molar-refractivity contribution in [1.29, 1.82) is 0 Å². The molecule has 0 saturated heterocycles. The number of carbonyl (C=O) groups is 1. The zero-order valence-corrected chi connectivity index (χ0v) is 14.1. The molecule has 0 unspecified atom stereocenters. The van der Waals surface area contributed by atoms with Crippen molar-refractivity contribution < 1.29 is 13.2 Å². The van der Waals surface area contributed by atoms with Gasteiger partial charge in [0.2, 0.25) is 15.9 Å². The van der Waals surface area contributed by atoms with Crippen LogP contribution in [0.5, 0.6) is 0 Å². The second kappa shape index (κ2) is 7.44. The number of rotatable bonds is 6. The lowest BCUT2D eigenvalue weighted by atomic mass is 9.91. The second-order valence-electron chi connectivity index (χ2n) is 5.73. The molecular formula is C15H21ClN2O3S. The zero-order valence-electron chi connectivity index (χ0n) is 12.5. The van der Waals surface area contributed by atoms with Crippen molar-refractivity contribution >= 4 is 27.5 Å². The van der Waals surface area contributed by atoms with Crippen LogP contribution in [0.4, 0.5) is 0 Å². The van der Waals surface area contributed by atoms with Crippen LogP contribution in [-0.4, -0.2) is 27.1 Å². The first-order valence-corrected chi connectivity index (χ1v) is 9.61. The van der Waals surface area contributed by atoms with E-state index in [-0.39, 0.29) is 18.5 Å². The third kappa shape index (κ3) is 5.26. The normalized spacial score (nSPS) is 17.4. The van der Waals surface area contributed by atoms with Crippen LogP contribution in [0, 0.1) is 5.92 Å². The van der Waals surface area contributed by atoms with Gasteiger partial charge in [0.1, 0.15) is 0 Å². The zero-order chi connectivity index (χ0) is 16.2. The Morgan fingerprint density at radius 2 is 1.86 bits per heavy atom. The summed E-state index contributed by atoms with van der Waals surface area (Å²) in [5.74, 6) is 0.0561. The third-order valence-electron chi connectivity index (χ3n) is 3.91. The molecule has 7 heteroatoms. The fourth-order valence-corrected chi connectivity index (χ4v) is 3.37. The first-order valence-electron chi connectivity index (χ1n) is 7.34. The van der Waals surface area contributed by atoms with Gasteiger partial charge >= 0.3 is 0 Å². The number of sulfonamides is 1. The van der Waals surface area contributed by atoms with Gasteiger partial charge in [-0.05, 0) is 36.5 Å². The van der Waals surface area contributed by atoms with Crippen LogP contribution in [0.1, 0.15) is 37.3 Å². The number of carbonyl (C=O) groups excluding carboxylic acids is 1. The maximum Gasteiger partial charge on any atom is 0.235 e. The summed E-state index contributed by atoms with van der Waals surface area (Å²) in [5, 5.41) is 3.61. The molecule has 0 radical (unpaired) electrons. The summed E-state index contributed by atoms with van der Waals surface area (Å²) in [4.78, 5) is 12.0. The minimum Gasteiger partial charge on any atom is -0.348 e. The lowest BCUT2D eigenvalue weighted by Crippen LogP contribution is -2.40. The lowest BCUT2D eigenvalue weighted by Gasteiger charge is -2.25. The largest absolute Gasteiger partial charge is 0.348 e. The Balaban J connectivity index is 2.07. The quantitative estimate of drug-likeness (QED) is 0.831. The van der Waals surface area contributed by atoms with Gasteiger partial charge in [0, 0.05) is 5.02 Å². The van der Waals surface area contributed by atoms with E-state index in [0.29, 0.717) is 10.9 Å². The minimum absolute atomic E-state index is 0.103. The Bertz CT molecular complexity index is 610. The molecule has 22 heavy (non-hydrogen) atoms. The molecule has 0 aromatic heterocycles. The topological polar surface area (TPSA) is 75.3 Å². The summed E-state index contributed by atoms with van der Waals surface area (Å²) >= 11 is 5.92. The molecule has 1 fully saturated rings. The van der Waals surface area contributed by atoms with Crippen LogP contribution in [0.15, 0.2) is 24.3 Å². The molecule has 1 aromatic rings. The Morgan fingerprint density at radius 1 is 1.27 bits per heavy atom. The molecule has 1 aliphatic rings. The second-order valence-corrected chi connectivity index (χ2v) is 8.00. The predicted octanol–water partition coefficient (Wildman–Crippen LogP) is 2.24. The summed E-state index contributed by atoms with van der Waals surface area (Å²) in [6, 6.07) is 7.33. The van der Waals surface area contributed by atoms with E-state index in [0.717, 1.165) is 37.5 Å². The van der Waals surface area contributed by atoms with Crippen LogP contribution in [0.2, 0.25) is 5.02 Å². The van der Waals surface area contributed by atoms with E-state index in [9.17, 15) is 13.2 Å². The van der Waals surface area contributed by atoms with Crippen molar-refractivity contribution in [3.63, 3.8) is 0 Å². The third-order valence-corrected chi connectivity index (χ3v) is 4.83. The molecule has 1 aromatic carbocycles. The molecule has 2 N–H and O–H groups in total. The number of hydrogen-bond donors (Lipinski definition) is 2. The van der Waals surface area contributed by atoms with Gasteiger partial charge in [-0.25, -0.2) is 13.1 Å². The highest BCUT2D eigenvalue weighted by Crippen LogP contribution is 2.36. The van der Waals surface area contributed by atoms with Crippen LogP contribution >= 0.6 is 11.6 Å². The summed E-state index contributed by atoms with van der Waals surface area (Å²) in [7, 11) is -3.37. The molecule has 1 saturated carbocycles. The summed E-state index contributed by atoms with van der Waals surface area (Å²) in [6.07, 6.45) is 5.48. The van der Waals surface area contributed by atoms with E-state index in [1.54, 1.807) is 12.1 Å². The van der Waals surface area contributed by atoms with E-state index >= 15 is 0 Å². The van der Waals surface area contributed by atoms with E-state index in [1.807, 2.05) is 12.1 Å². The van der Waals surface area contributed by atoms with Crippen molar-refractivity contribution in [2.45, 2.75) is 31.7 Å². The van der Waals surface area contributed by atoms with E-state index in [2.05, 4.69) is 10.0 Å². The van der Waals surface area contributed by atoms with Gasteiger partial charge < -0.3 is 5.32 Å². The Labute approximate surface area is 136 Å². The average Bonchev–Trinajstić information content (AvgIpc) is 2.97. The summed E-state index contributed by atoms with van der Waals surface area (Å²) in [6.45, 7) is -0.240. The molecule has 1 amide bonds. The number of nitrogens with one attached hydrogen (secondary N) is 2. The van der Waals surface area contributed by atoms with Gasteiger partial charge in [-0.3, -0.25) is 4.79 Å². The number of amides is 1. The van der Waals surface area contributed by atoms with E-state index < -0.39 is 10.0 Å². The monoisotopic (exact) mass is 344 g/mol. The standard InChI is InChI=1S/C15H21ClN2O3S/c1-22(20,21)17-10-14(19)18-15(11-4-2-3-5-11)12-6-8-13(16)9-7-12/h6-9,11,15,17H,2-5,10H2,1H3,(H,18,19)/t15-/m0/s1. The van der Waals surface area contributed by atoms with Gasteiger partial charge in [-0.1, -0.05) is 36.6 Å². The molecule has 5 nitrogen and oxygen atoms in total. The van der Waals surface area contributed by atoms with Crippen LogP contribution < -0.4 is 10.0 Å². The van der Waals surface area contributed by atoms with E-state index in [4.69, 9.17) is 11.6 Å². The average molecular weight is 345 g/mol. The van der Waals surface area contributed by atoms with Gasteiger partial charge in [-0.2, -0.15) is 0 Å². The van der Waals surface area contributed by atoms with Crippen molar-refractivity contribution in [3.8, 4) is 0 Å². The lowest BCUT2D eigenvalue weighted by molar-refractivity contribution is -0.121. The van der Waals surface area contributed by atoms with E-state index in [1.165, 1.54) is 0 Å². The molecule has 0 aliphatic heterocycles. The van der Waals surface area contributed by atoms with Crippen LogP contribution in [0.3, 0.4) is 0 Å². The molecule has 0 bridgehead atoms. The van der Waals surface area contributed by atoms with Crippen LogP contribution in [-0.2, 0) is 14.8 Å². The van der Waals surface area contributed by atoms with Crippen molar-refractivity contribution in [3.05, 3.63) is 34.9 Å².